The zero-order chi connectivity index (χ0) is 14.8. The van der Waals surface area contributed by atoms with E-state index in [0.717, 1.165) is 21.9 Å². The van der Waals surface area contributed by atoms with E-state index in [0.29, 0.717) is 5.56 Å². The van der Waals surface area contributed by atoms with Gasteiger partial charge in [-0.1, -0.05) is 23.9 Å². The molecular formula is C17H15N3S. The van der Waals surface area contributed by atoms with Crippen LogP contribution >= 0.6 is 11.8 Å². The molecule has 0 bridgehead atoms. The molecule has 3 nitrogen and oxygen atoms in total. The second-order valence-corrected chi connectivity index (χ2v) is 6.06. The molecule has 2 aromatic carbocycles. The number of rotatable bonds is 3. The number of nitrogens with zero attached hydrogens (tertiary/aromatic N) is 2. The fraction of sp³-hybridized carbons (Fsp3) is 0.176. The van der Waals surface area contributed by atoms with E-state index in [9.17, 15) is 0 Å². The molecule has 0 saturated carbocycles. The van der Waals surface area contributed by atoms with Gasteiger partial charge in [-0.2, -0.15) is 5.26 Å². The number of benzene rings is 2. The Morgan fingerprint density at radius 3 is 2.57 bits per heavy atom. The number of nitrogens with one attached hydrogen (secondary N) is 1. The van der Waals surface area contributed by atoms with Crippen molar-refractivity contribution in [3.63, 3.8) is 0 Å². The smallest absolute Gasteiger partial charge is 0.166 e. The second-order valence-electron chi connectivity index (χ2n) is 5.09. The molecule has 21 heavy (non-hydrogen) atoms. The van der Waals surface area contributed by atoms with Gasteiger partial charge in [0.25, 0.3) is 0 Å². The summed E-state index contributed by atoms with van der Waals surface area (Å²) in [5.41, 5.74) is 6.51. The molecule has 0 aliphatic heterocycles. The Balaban J connectivity index is 1.77. The first kappa shape index (κ1) is 13.7. The maximum Gasteiger partial charge on any atom is 0.166 e. The van der Waals surface area contributed by atoms with Crippen LogP contribution in [0.4, 0.5) is 0 Å². The maximum absolute atomic E-state index is 8.79. The Hall–Kier alpha value is -2.25. The summed E-state index contributed by atoms with van der Waals surface area (Å²) >= 11 is 1.67. The molecule has 0 atom stereocenters. The van der Waals surface area contributed by atoms with Crippen LogP contribution in [0.3, 0.4) is 0 Å². The number of nitriles is 1. The minimum Gasteiger partial charge on any atom is -0.333 e. The number of aromatic nitrogens is 2. The molecule has 0 amide bonds. The molecule has 1 heterocycles. The minimum atomic E-state index is 0.693. The molecule has 0 radical (unpaired) electrons. The predicted molar refractivity (Wildman–Crippen MR) is 86.3 cm³/mol. The number of aromatic amines is 1. The number of hydrogen-bond acceptors (Lipinski definition) is 3. The average Bonchev–Trinajstić information content (AvgIpc) is 2.88. The molecule has 1 aromatic heterocycles. The summed E-state index contributed by atoms with van der Waals surface area (Å²) in [4.78, 5) is 7.97. The second kappa shape index (κ2) is 5.63. The Kier molecular flexibility index (Phi) is 3.68. The van der Waals surface area contributed by atoms with E-state index >= 15 is 0 Å². The average molecular weight is 293 g/mol. The molecule has 3 rings (SSSR count). The van der Waals surface area contributed by atoms with E-state index < -0.39 is 0 Å². The van der Waals surface area contributed by atoms with E-state index in [1.807, 2.05) is 24.3 Å². The van der Waals surface area contributed by atoms with Crippen molar-refractivity contribution in [3.8, 4) is 6.07 Å². The number of fused-ring (bicyclic) bond motifs is 1. The first-order valence-electron chi connectivity index (χ1n) is 6.74. The lowest BCUT2D eigenvalue weighted by Crippen LogP contribution is -1.82. The van der Waals surface area contributed by atoms with Crippen molar-refractivity contribution in [2.75, 3.05) is 0 Å². The van der Waals surface area contributed by atoms with E-state index in [4.69, 9.17) is 5.26 Å². The highest BCUT2D eigenvalue weighted by molar-refractivity contribution is 7.98. The van der Waals surface area contributed by atoms with Crippen LogP contribution < -0.4 is 0 Å². The molecule has 0 saturated heterocycles. The predicted octanol–water partition coefficient (Wildman–Crippen LogP) is 4.34. The van der Waals surface area contributed by atoms with Crippen LogP contribution in [0, 0.1) is 25.2 Å². The van der Waals surface area contributed by atoms with E-state index in [2.05, 4.69) is 42.0 Å². The van der Waals surface area contributed by atoms with Gasteiger partial charge in [0.1, 0.15) is 0 Å². The topological polar surface area (TPSA) is 52.5 Å². The number of thioether (sulfide) groups is 1. The van der Waals surface area contributed by atoms with Crippen molar-refractivity contribution in [1.29, 1.82) is 5.26 Å². The molecule has 0 unspecified atom stereocenters. The number of imidazole rings is 1. The fourth-order valence-corrected chi connectivity index (χ4v) is 2.98. The third-order valence-corrected chi connectivity index (χ3v) is 4.48. The van der Waals surface area contributed by atoms with Gasteiger partial charge in [0.05, 0.1) is 22.7 Å². The number of hydrogen-bond donors (Lipinski definition) is 1. The van der Waals surface area contributed by atoms with Crippen LogP contribution in [0.2, 0.25) is 0 Å². The van der Waals surface area contributed by atoms with E-state index in [1.165, 1.54) is 16.7 Å². The lowest BCUT2D eigenvalue weighted by molar-refractivity contribution is 1.08. The third kappa shape index (κ3) is 2.93. The number of aryl methyl sites for hydroxylation is 2. The van der Waals surface area contributed by atoms with Crippen LogP contribution in [0.25, 0.3) is 11.0 Å². The van der Waals surface area contributed by atoms with Crippen molar-refractivity contribution in [3.05, 3.63) is 58.7 Å². The highest BCUT2D eigenvalue weighted by Gasteiger charge is 2.06. The first-order chi connectivity index (χ1) is 10.2. The van der Waals surface area contributed by atoms with Gasteiger partial charge >= 0.3 is 0 Å². The highest BCUT2D eigenvalue weighted by atomic mass is 32.2. The van der Waals surface area contributed by atoms with Gasteiger partial charge in [0, 0.05) is 5.75 Å². The third-order valence-electron chi connectivity index (χ3n) is 3.53. The Labute approximate surface area is 128 Å². The van der Waals surface area contributed by atoms with Gasteiger partial charge in [-0.25, -0.2) is 4.98 Å². The Bertz CT molecular complexity index is 787. The van der Waals surface area contributed by atoms with Crippen LogP contribution in [0.15, 0.2) is 41.6 Å². The van der Waals surface area contributed by atoms with Crippen molar-refractivity contribution in [2.24, 2.45) is 0 Å². The molecule has 1 N–H and O–H groups in total. The van der Waals surface area contributed by atoms with Gasteiger partial charge in [0.15, 0.2) is 5.16 Å². The largest absolute Gasteiger partial charge is 0.333 e. The molecule has 4 heteroatoms. The van der Waals surface area contributed by atoms with Gasteiger partial charge in [-0.05, 0) is 54.8 Å². The first-order valence-corrected chi connectivity index (χ1v) is 7.73. The Morgan fingerprint density at radius 2 is 1.86 bits per heavy atom. The summed E-state index contributed by atoms with van der Waals surface area (Å²) in [6, 6.07) is 14.1. The van der Waals surface area contributed by atoms with Gasteiger partial charge in [-0.15, -0.1) is 0 Å². The molecule has 0 aliphatic rings. The monoisotopic (exact) mass is 293 g/mol. The van der Waals surface area contributed by atoms with Crippen LogP contribution in [-0.4, -0.2) is 9.97 Å². The maximum atomic E-state index is 8.79. The van der Waals surface area contributed by atoms with Crippen molar-refractivity contribution in [2.45, 2.75) is 24.8 Å². The zero-order valence-electron chi connectivity index (χ0n) is 12.0. The van der Waals surface area contributed by atoms with Crippen LogP contribution in [-0.2, 0) is 5.75 Å². The van der Waals surface area contributed by atoms with Gasteiger partial charge in [-0.3, -0.25) is 0 Å². The van der Waals surface area contributed by atoms with Crippen LogP contribution in [0.5, 0.6) is 0 Å². The fourth-order valence-electron chi connectivity index (χ4n) is 2.14. The summed E-state index contributed by atoms with van der Waals surface area (Å²) in [6.45, 7) is 4.21. The van der Waals surface area contributed by atoms with Crippen molar-refractivity contribution < 1.29 is 0 Å². The quantitative estimate of drug-likeness (QED) is 0.731. The van der Waals surface area contributed by atoms with Crippen molar-refractivity contribution >= 4 is 22.8 Å². The molecule has 0 aliphatic carbocycles. The standard InChI is InChI=1S/C17H15N3S/c1-11-7-15-16(8-12(11)2)20-17(19-15)21-10-14-5-3-13(9-18)4-6-14/h3-8H,10H2,1-2H3,(H,19,20). The molecule has 3 aromatic rings. The summed E-state index contributed by atoms with van der Waals surface area (Å²) in [5, 5.41) is 9.72. The van der Waals surface area contributed by atoms with Crippen LogP contribution in [0.1, 0.15) is 22.3 Å². The molecule has 0 spiro atoms. The van der Waals surface area contributed by atoms with Gasteiger partial charge < -0.3 is 4.98 Å². The lowest BCUT2D eigenvalue weighted by Gasteiger charge is -1.98. The normalized spacial score (nSPS) is 10.7. The molecular weight excluding hydrogens is 278 g/mol. The summed E-state index contributed by atoms with van der Waals surface area (Å²) in [6.07, 6.45) is 0. The number of H-pyrrole nitrogens is 1. The zero-order valence-corrected chi connectivity index (χ0v) is 12.8. The molecule has 0 fully saturated rings. The lowest BCUT2D eigenvalue weighted by atomic mass is 10.1. The summed E-state index contributed by atoms with van der Waals surface area (Å²) < 4.78 is 0. The molecule has 104 valence electrons. The SMILES string of the molecule is Cc1cc2nc(SCc3ccc(C#N)cc3)[nH]c2cc1C. The summed E-state index contributed by atoms with van der Waals surface area (Å²) in [7, 11) is 0. The minimum absolute atomic E-state index is 0.693. The summed E-state index contributed by atoms with van der Waals surface area (Å²) in [5.74, 6) is 0.837. The van der Waals surface area contributed by atoms with Gasteiger partial charge in [0.2, 0.25) is 0 Å². The Morgan fingerprint density at radius 1 is 1.14 bits per heavy atom. The van der Waals surface area contributed by atoms with E-state index in [1.54, 1.807) is 11.8 Å². The van der Waals surface area contributed by atoms with E-state index in [-0.39, 0.29) is 0 Å². The highest BCUT2D eigenvalue weighted by Crippen LogP contribution is 2.24. The van der Waals surface area contributed by atoms with Crippen molar-refractivity contribution in [1.82, 2.24) is 9.97 Å².